The van der Waals surface area contributed by atoms with E-state index in [-0.39, 0.29) is 11.5 Å². The highest BCUT2D eigenvalue weighted by Crippen LogP contribution is 2.40. The molecule has 1 nitrogen and oxygen atoms in total. The van der Waals surface area contributed by atoms with Crippen LogP contribution in [0.5, 0.6) is 0 Å². The van der Waals surface area contributed by atoms with E-state index in [0.717, 1.165) is 17.4 Å². The topological polar surface area (TPSA) is 26.0 Å². The lowest BCUT2D eigenvalue weighted by molar-refractivity contribution is -0.137. The summed E-state index contributed by atoms with van der Waals surface area (Å²) in [6.07, 6.45) is -3.50. The molecule has 0 bridgehead atoms. The fourth-order valence-electron chi connectivity index (χ4n) is 2.10. The molecule has 0 spiro atoms. The van der Waals surface area contributed by atoms with Crippen LogP contribution in [0.1, 0.15) is 29.7 Å². The molecular weight excluding hydrogens is 283 g/mol. The van der Waals surface area contributed by atoms with E-state index >= 15 is 0 Å². The molecule has 1 aromatic heterocycles. The van der Waals surface area contributed by atoms with Crippen LogP contribution in [0.2, 0.25) is 0 Å². The van der Waals surface area contributed by atoms with E-state index in [1.807, 2.05) is 13.0 Å². The molecule has 108 valence electrons. The molecule has 1 unspecified atom stereocenters. The Morgan fingerprint density at radius 1 is 1.15 bits per heavy atom. The first-order valence-electron chi connectivity index (χ1n) is 6.40. The van der Waals surface area contributed by atoms with E-state index < -0.39 is 11.7 Å². The van der Waals surface area contributed by atoms with Crippen LogP contribution in [0.3, 0.4) is 0 Å². The molecule has 0 saturated heterocycles. The number of thiophene rings is 1. The molecule has 2 aromatic rings. The summed E-state index contributed by atoms with van der Waals surface area (Å²) >= 11 is 1.41. The average molecular weight is 299 g/mol. The molecule has 2 rings (SSSR count). The van der Waals surface area contributed by atoms with Crippen LogP contribution in [0.4, 0.5) is 13.2 Å². The van der Waals surface area contributed by atoms with Crippen LogP contribution in [-0.2, 0) is 6.18 Å². The van der Waals surface area contributed by atoms with Crippen molar-refractivity contribution < 1.29 is 13.2 Å². The highest BCUT2D eigenvalue weighted by atomic mass is 32.1. The molecule has 1 heterocycles. The monoisotopic (exact) mass is 299 g/mol. The van der Waals surface area contributed by atoms with Gasteiger partial charge in [0.15, 0.2) is 0 Å². The number of alkyl halides is 3. The first kappa shape index (κ1) is 15.1. The van der Waals surface area contributed by atoms with E-state index in [0.29, 0.717) is 11.4 Å². The Morgan fingerprint density at radius 2 is 1.85 bits per heavy atom. The van der Waals surface area contributed by atoms with Gasteiger partial charge in [0, 0.05) is 15.3 Å². The number of hydrogen-bond donors (Lipinski definition) is 1. The molecule has 0 saturated carbocycles. The number of benzene rings is 1. The van der Waals surface area contributed by atoms with E-state index in [1.54, 1.807) is 12.1 Å². The van der Waals surface area contributed by atoms with E-state index in [4.69, 9.17) is 5.73 Å². The molecule has 0 radical (unpaired) electrons. The summed E-state index contributed by atoms with van der Waals surface area (Å²) in [4.78, 5) is 1.72. The zero-order chi connectivity index (χ0) is 14.8. The zero-order valence-corrected chi connectivity index (χ0v) is 11.9. The van der Waals surface area contributed by atoms with Crippen molar-refractivity contribution in [3.8, 4) is 10.4 Å². The van der Waals surface area contributed by atoms with Gasteiger partial charge in [0.2, 0.25) is 0 Å². The highest BCUT2D eigenvalue weighted by Gasteiger charge is 2.33. The lowest BCUT2D eigenvalue weighted by Gasteiger charge is -2.11. The van der Waals surface area contributed by atoms with Crippen molar-refractivity contribution in [1.29, 1.82) is 0 Å². The van der Waals surface area contributed by atoms with Crippen LogP contribution >= 0.6 is 11.3 Å². The van der Waals surface area contributed by atoms with Crippen molar-refractivity contribution in [1.82, 2.24) is 0 Å². The second-order valence-electron chi connectivity index (χ2n) is 4.72. The Bertz CT molecular complexity index is 574. The van der Waals surface area contributed by atoms with Crippen molar-refractivity contribution in [3.05, 3.63) is 46.8 Å². The molecule has 0 aliphatic carbocycles. The first-order valence-corrected chi connectivity index (χ1v) is 7.21. The van der Waals surface area contributed by atoms with Gasteiger partial charge in [-0.25, -0.2) is 0 Å². The third kappa shape index (κ3) is 3.22. The summed E-state index contributed by atoms with van der Waals surface area (Å²) in [5, 5.41) is 0. The Labute approximate surface area is 120 Å². The molecular formula is C15H16F3NS. The second kappa shape index (κ2) is 5.97. The number of hydrogen-bond acceptors (Lipinski definition) is 2. The Morgan fingerprint density at radius 3 is 2.50 bits per heavy atom. The number of halogens is 3. The predicted molar refractivity (Wildman–Crippen MR) is 76.8 cm³/mol. The van der Waals surface area contributed by atoms with Gasteiger partial charge < -0.3 is 5.73 Å². The molecule has 0 aliphatic rings. The summed E-state index contributed by atoms with van der Waals surface area (Å²) in [6, 6.07) is 9.35. The summed E-state index contributed by atoms with van der Waals surface area (Å²) in [6.45, 7) is 2.62. The largest absolute Gasteiger partial charge is 0.417 e. The Kier molecular flexibility index (Phi) is 4.50. The summed E-state index contributed by atoms with van der Waals surface area (Å²) in [5.74, 6) is 0.275. The number of rotatable bonds is 4. The van der Waals surface area contributed by atoms with Gasteiger partial charge in [0.25, 0.3) is 0 Å². The van der Waals surface area contributed by atoms with Gasteiger partial charge in [-0.3, -0.25) is 0 Å². The van der Waals surface area contributed by atoms with E-state index in [9.17, 15) is 13.2 Å². The summed E-state index contributed by atoms with van der Waals surface area (Å²) in [7, 11) is 0. The molecule has 0 amide bonds. The summed E-state index contributed by atoms with van der Waals surface area (Å²) in [5.41, 5.74) is 5.18. The van der Waals surface area contributed by atoms with Crippen LogP contribution in [0.15, 0.2) is 36.4 Å². The van der Waals surface area contributed by atoms with E-state index in [2.05, 4.69) is 0 Å². The van der Waals surface area contributed by atoms with Crippen molar-refractivity contribution in [3.63, 3.8) is 0 Å². The molecule has 0 fully saturated rings. The standard InChI is InChI=1S/C15H16F3NS/c1-10(8-9-19)13-6-7-14(20-13)11-4-2-3-5-12(11)15(16,17)18/h2-7,10H,8-9,19H2,1H3. The molecule has 2 N–H and O–H groups in total. The SMILES string of the molecule is CC(CCN)c1ccc(-c2ccccc2C(F)(F)F)s1. The zero-order valence-electron chi connectivity index (χ0n) is 11.1. The normalized spacial score (nSPS) is 13.4. The first-order chi connectivity index (χ1) is 9.43. The van der Waals surface area contributed by atoms with Gasteiger partial charge in [-0.1, -0.05) is 25.1 Å². The maximum Gasteiger partial charge on any atom is 0.417 e. The fourth-order valence-corrected chi connectivity index (χ4v) is 3.23. The second-order valence-corrected chi connectivity index (χ2v) is 5.84. The third-order valence-electron chi connectivity index (χ3n) is 3.21. The summed E-state index contributed by atoms with van der Waals surface area (Å²) < 4.78 is 39.0. The van der Waals surface area contributed by atoms with Crippen LogP contribution in [0.25, 0.3) is 10.4 Å². The smallest absolute Gasteiger partial charge is 0.330 e. The molecule has 5 heteroatoms. The maximum atomic E-state index is 13.0. The number of nitrogens with two attached hydrogens (primary N) is 1. The maximum absolute atomic E-state index is 13.0. The van der Waals surface area contributed by atoms with Crippen molar-refractivity contribution in [2.75, 3.05) is 6.54 Å². The lowest BCUT2D eigenvalue weighted by Crippen LogP contribution is -2.06. The van der Waals surface area contributed by atoms with Gasteiger partial charge in [-0.2, -0.15) is 13.2 Å². The van der Waals surface area contributed by atoms with Gasteiger partial charge in [0.1, 0.15) is 0 Å². The van der Waals surface area contributed by atoms with Crippen LogP contribution < -0.4 is 5.73 Å². The van der Waals surface area contributed by atoms with Crippen molar-refractivity contribution in [2.24, 2.45) is 5.73 Å². The van der Waals surface area contributed by atoms with Gasteiger partial charge in [0.05, 0.1) is 5.56 Å². The highest BCUT2D eigenvalue weighted by molar-refractivity contribution is 7.15. The molecule has 0 aliphatic heterocycles. The van der Waals surface area contributed by atoms with Crippen LogP contribution in [0, 0.1) is 0 Å². The van der Waals surface area contributed by atoms with Gasteiger partial charge >= 0.3 is 6.18 Å². The fraction of sp³-hybridized carbons (Fsp3) is 0.333. The quantitative estimate of drug-likeness (QED) is 0.855. The third-order valence-corrected chi connectivity index (χ3v) is 4.56. The average Bonchev–Trinajstić information content (AvgIpc) is 2.87. The minimum absolute atomic E-state index is 0.246. The van der Waals surface area contributed by atoms with Gasteiger partial charge in [-0.05, 0) is 37.1 Å². The van der Waals surface area contributed by atoms with Crippen molar-refractivity contribution in [2.45, 2.75) is 25.4 Å². The molecule has 1 aromatic carbocycles. The van der Waals surface area contributed by atoms with Crippen LogP contribution in [-0.4, -0.2) is 6.54 Å². The lowest BCUT2D eigenvalue weighted by atomic mass is 10.0. The molecule has 1 atom stereocenters. The van der Waals surface area contributed by atoms with Crippen molar-refractivity contribution >= 4 is 11.3 Å². The predicted octanol–water partition coefficient (Wildman–Crippen LogP) is 4.89. The van der Waals surface area contributed by atoms with E-state index in [1.165, 1.54) is 23.5 Å². The van der Waals surface area contributed by atoms with Gasteiger partial charge in [-0.15, -0.1) is 11.3 Å². The Balaban J connectivity index is 2.38. The minimum atomic E-state index is -4.33. The minimum Gasteiger partial charge on any atom is -0.330 e. The Hall–Kier alpha value is -1.33. The molecule has 20 heavy (non-hydrogen) atoms.